The molecule has 0 aliphatic heterocycles. The van der Waals surface area contributed by atoms with E-state index in [4.69, 9.17) is 11.6 Å². The molecule has 1 N–H and O–H groups in total. The summed E-state index contributed by atoms with van der Waals surface area (Å²) in [5.41, 5.74) is 2.40. The number of carbonyl (C=O) groups excluding carboxylic acids is 1. The molecular formula is C17H19ClN2O3S. The Kier molecular flexibility index (Phi) is 5.99. The molecular weight excluding hydrogens is 348 g/mol. The molecule has 0 saturated carbocycles. The fourth-order valence-corrected chi connectivity index (χ4v) is 3.03. The van der Waals surface area contributed by atoms with Gasteiger partial charge in [-0.05, 0) is 42.3 Å². The van der Waals surface area contributed by atoms with Crippen LogP contribution in [0, 0.1) is 6.92 Å². The van der Waals surface area contributed by atoms with Gasteiger partial charge in [-0.25, -0.2) is 8.42 Å². The number of hydrogen-bond donors (Lipinski definition) is 1. The zero-order chi connectivity index (χ0) is 17.7. The Balaban J connectivity index is 2.08. The third-order valence-electron chi connectivity index (χ3n) is 3.36. The fourth-order valence-electron chi connectivity index (χ4n) is 2.17. The van der Waals surface area contributed by atoms with Gasteiger partial charge in [0.2, 0.25) is 15.9 Å². The van der Waals surface area contributed by atoms with Crippen molar-refractivity contribution < 1.29 is 13.2 Å². The number of carbonyl (C=O) groups is 1. The van der Waals surface area contributed by atoms with Gasteiger partial charge in [-0.2, -0.15) is 4.31 Å². The molecule has 7 heteroatoms. The molecule has 0 radical (unpaired) electrons. The predicted molar refractivity (Wildman–Crippen MR) is 96.5 cm³/mol. The van der Waals surface area contributed by atoms with Crippen molar-refractivity contribution in [2.24, 2.45) is 0 Å². The fraction of sp³-hybridized carbons (Fsp3) is 0.235. The van der Waals surface area contributed by atoms with E-state index in [0.717, 1.165) is 21.7 Å². The van der Waals surface area contributed by atoms with Crippen LogP contribution in [0.1, 0.15) is 11.1 Å². The lowest BCUT2D eigenvalue weighted by atomic mass is 10.2. The first-order chi connectivity index (χ1) is 11.2. The summed E-state index contributed by atoms with van der Waals surface area (Å²) in [6, 6.07) is 14.2. The minimum atomic E-state index is -3.53. The van der Waals surface area contributed by atoms with Gasteiger partial charge in [0.25, 0.3) is 0 Å². The molecule has 0 aromatic heterocycles. The van der Waals surface area contributed by atoms with E-state index in [1.165, 1.54) is 0 Å². The van der Waals surface area contributed by atoms with Crippen LogP contribution in [0.15, 0.2) is 48.5 Å². The van der Waals surface area contributed by atoms with Crippen LogP contribution in [-0.4, -0.2) is 31.4 Å². The monoisotopic (exact) mass is 366 g/mol. The third-order valence-corrected chi connectivity index (χ3v) is 4.81. The second kappa shape index (κ2) is 7.79. The van der Waals surface area contributed by atoms with E-state index >= 15 is 0 Å². The summed E-state index contributed by atoms with van der Waals surface area (Å²) in [7, 11) is -3.53. The smallest absolute Gasteiger partial charge is 0.239 e. The SMILES string of the molecule is Cc1cccc(NC(=O)CN(Cc2ccc(Cl)cc2)S(C)(=O)=O)c1. The van der Waals surface area contributed by atoms with E-state index < -0.39 is 10.0 Å². The van der Waals surface area contributed by atoms with Gasteiger partial charge in [-0.3, -0.25) is 4.79 Å². The Morgan fingerprint density at radius 3 is 2.42 bits per heavy atom. The van der Waals surface area contributed by atoms with Gasteiger partial charge in [0.15, 0.2) is 0 Å². The maximum atomic E-state index is 12.2. The first-order valence-electron chi connectivity index (χ1n) is 7.30. The van der Waals surface area contributed by atoms with E-state index in [1.807, 2.05) is 25.1 Å². The molecule has 0 aliphatic carbocycles. The highest BCUT2D eigenvalue weighted by atomic mass is 35.5. The number of halogens is 1. The highest BCUT2D eigenvalue weighted by molar-refractivity contribution is 7.88. The van der Waals surface area contributed by atoms with Crippen LogP contribution < -0.4 is 5.32 Å². The number of benzene rings is 2. The molecule has 0 spiro atoms. The average Bonchev–Trinajstić information content (AvgIpc) is 2.48. The lowest BCUT2D eigenvalue weighted by Crippen LogP contribution is -2.36. The van der Waals surface area contributed by atoms with Crippen LogP contribution in [0.3, 0.4) is 0 Å². The number of amides is 1. The maximum absolute atomic E-state index is 12.2. The van der Waals surface area contributed by atoms with Crippen LogP contribution in [-0.2, 0) is 21.4 Å². The number of anilines is 1. The standard InChI is InChI=1S/C17H19ClN2O3S/c1-13-4-3-5-16(10-13)19-17(21)12-20(24(2,22)23)11-14-6-8-15(18)9-7-14/h3-10H,11-12H2,1-2H3,(H,19,21). The van der Waals surface area contributed by atoms with Gasteiger partial charge >= 0.3 is 0 Å². The Labute approximate surface area is 147 Å². The van der Waals surface area contributed by atoms with Gasteiger partial charge < -0.3 is 5.32 Å². The van der Waals surface area contributed by atoms with Crippen molar-refractivity contribution >= 4 is 33.2 Å². The number of sulfonamides is 1. The van der Waals surface area contributed by atoms with Gasteiger partial charge in [-0.1, -0.05) is 35.9 Å². The van der Waals surface area contributed by atoms with Crippen LogP contribution >= 0.6 is 11.6 Å². The zero-order valence-electron chi connectivity index (χ0n) is 13.5. The van der Waals surface area contributed by atoms with Crippen molar-refractivity contribution in [2.45, 2.75) is 13.5 Å². The molecule has 0 unspecified atom stereocenters. The molecule has 0 heterocycles. The van der Waals surface area contributed by atoms with Crippen LogP contribution in [0.2, 0.25) is 5.02 Å². The van der Waals surface area contributed by atoms with Crippen molar-refractivity contribution in [1.29, 1.82) is 0 Å². The van der Waals surface area contributed by atoms with E-state index in [1.54, 1.807) is 30.3 Å². The molecule has 2 aromatic rings. The summed E-state index contributed by atoms with van der Waals surface area (Å²) < 4.78 is 25.1. The molecule has 0 bridgehead atoms. The lowest BCUT2D eigenvalue weighted by Gasteiger charge is -2.19. The number of rotatable bonds is 6. The van der Waals surface area contributed by atoms with Crippen molar-refractivity contribution in [3.8, 4) is 0 Å². The quantitative estimate of drug-likeness (QED) is 0.854. The van der Waals surface area contributed by atoms with E-state index in [9.17, 15) is 13.2 Å². The molecule has 128 valence electrons. The second-order valence-electron chi connectivity index (χ2n) is 5.58. The third kappa shape index (κ3) is 5.63. The van der Waals surface area contributed by atoms with Gasteiger partial charge in [0, 0.05) is 17.3 Å². The Hall–Kier alpha value is -1.89. The Morgan fingerprint density at radius 2 is 1.83 bits per heavy atom. The van der Waals surface area contributed by atoms with Crippen molar-refractivity contribution in [1.82, 2.24) is 4.31 Å². The topological polar surface area (TPSA) is 66.5 Å². The molecule has 0 aliphatic rings. The van der Waals surface area contributed by atoms with Crippen LogP contribution in [0.25, 0.3) is 0 Å². The summed E-state index contributed by atoms with van der Waals surface area (Å²) in [4.78, 5) is 12.2. The normalized spacial score (nSPS) is 11.5. The van der Waals surface area contributed by atoms with Gasteiger partial charge in [-0.15, -0.1) is 0 Å². The van der Waals surface area contributed by atoms with E-state index in [2.05, 4.69) is 5.32 Å². The molecule has 24 heavy (non-hydrogen) atoms. The highest BCUT2D eigenvalue weighted by Gasteiger charge is 2.20. The Bertz CT molecular complexity index is 820. The number of hydrogen-bond acceptors (Lipinski definition) is 3. The summed E-state index contributed by atoms with van der Waals surface area (Å²) in [6.07, 6.45) is 1.09. The summed E-state index contributed by atoms with van der Waals surface area (Å²) >= 11 is 5.83. The predicted octanol–water partition coefficient (Wildman–Crippen LogP) is 3.05. The molecule has 2 rings (SSSR count). The number of aryl methyl sites for hydroxylation is 1. The van der Waals surface area contributed by atoms with Crippen LogP contribution in [0.5, 0.6) is 0 Å². The molecule has 1 amide bonds. The highest BCUT2D eigenvalue weighted by Crippen LogP contribution is 2.14. The maximum Gasteiger partial charge on any atom is 0.239 e. The number of nitrogens with zero attached hydrogens (tertiary/aromatic N) is 1. The Morgan fingerprint density at radius 1 is 1.17 bits per heavy atom. The average molecular weight is 367 g/mol. The van der Waals surface area contributed by atoms with Gasteiger partial charge in [0.1, 0.15) is 0 Å². The molecule has 2 aromatic carbocycles. The molecule has 0 saturated heterocycles. The van der Waals surface area contributed by atoms with E-state index in [0.29, 0.717) is 10.7 Å². The van der Waals surface area contributed by atoms with Gasteiger partial charge in [0.05, 0.1) is 12.8 Å². The zero-order valence-corrected chi connectivity index (χ0v) is 15.1. The molecule has 0 fully saturated rings. The summed E-state index contributed by atoms with van der Waals surface area (Å²) in [5, 5.41) is 3.29. The first kappa shape index (κ1) is 18.4. The number of nitrogens with one attached hydrogen (secondary N) is 1. The minimum Gasteiger partial charge on any atom is -0.325 e. The summed E-state index contributed by atoms with van der Waals surface area (Å²) in [5.74, 6) is -0.389. The van der Waals surface area contributed by atoms with Crippen molar-refractivity contribution in [3.63, 3.8) is 0 Å². The largest absolute Gasteiger partial charge is 0.325 e. The molecule has 5 nitrogen and oxygen atoms in total. The second-order valence-corrected chi connectivity index (χ2v) is 7.99. The van der Waals surface area contributed by atoms with Crippen LogP contribution in [0.4, 0.5) is 5.69 Å². The summed E-state index contributed by atoms with van der Waals surface area (Å²) in [6.45, 7) is 1.77. The lowest BCUT2D eigenvalue weighted by molar-refractivity contribution is -0.116. The van der Waals surface area contributed by atoms with E-state index in [-0.39, 0.29) is 19.0 Å². The minimum absolute atomic E-state index is 0.108. The van der Waals surface area contributed by atoms with Crippen molar-refractivity contribution in [2.75, 3.05) is 18.1 Å². The molecule has 0 atom stereocenters. The van der Waals surface area contributed by atoms with Crippen molar-refractivity contribution in [3.05, 3.63) is 64.7 Å². The first-order valence-corrected chi connectivity index (χ1v) is 9.53.